The maximum atomic E-state index is 13.7. The molecule has 4 aromatic carbocycles. The lowest BCUT2D eigenvalue weighted by Gasteiger charge is -2.13. The van der Waals surface area contributed by atoms with E-state index in [1.165, 1.54) is 6.07 Å². The number of esters is 1. The molecule has 38 heavy (non-hydrogen) atoms. The number of pyridine rings is 1. The Hall–Kier alpha value is -4.74. The molecular weight excluding hydrogens is 498 g/mol. The third kappa shape index (κ3) is 4.33. The van der Waals surface area contributed by atoms with Crippen LogP contribution in [-0.4, -0.2) is 11.0 Å². The minimum atomic E-state index is -0.692. The molecule has 5 nitrogen and oxygen atoms in total. The number of hydrogen-bond donors (Lipinski definition) is 0. The summed E-state index contributed by atoms with van der Waals surface area (Å²) in [7, 11) is 0. The molecule has 0 atom stereocenters. The molecule has 0 amide bonds. The van der Waals surface area contributed by atoms with Gasteiger partial charge in [-0.05, 0) is 37.3 Å². The van der Waals surface area contributed by atoms with Crippen molar-refractivity contribution in [2.75, 3.05) is 0 Å². The Labute approximate surface area is 222 Å². The van der Waals surface area contributed by atoms with Gasteiger partial charge in [0, 0.05) is 21.5 Å². The van der Waals surface area contributed by atoms with Gasteiger partial charge in [0.05, 0.1) is 22.2 Å². The van der Waals surface area contributed by atoms with Gasteiger partial charge in [-0.3, -0.25) is 4.79 Å². The fraction of sp³-hybridized carbons (Fsp3) is 0.0312. The van der Waals surface area contributed by atoms with Crippen LogP contribution >= 0.6 is 11.6 Å². The summed E-state index contributed by atoms with van der Waals surface area (Å²) in [4.78, 5) is 32.1. The van der Waals surface area contributed by atoms with Crippen LogP contribution in [0.4, 0.5) is 0 Å². The highest BCUT2D eigenvalue weighted by atomic mass is 35.5. The smallest absolute Gasteiger partial charge is 0.344 e. The van der Waals surface area contributed by atoms with Crippen molar-refractivity contribution in [1.82, 2.24) is 4.98 Å². The van der Waals surface area contributed by atoms with E-state index in [4.69, 9.17) is 25.7 Å². The van der Waals surface area contributed by atoms with Crippen molar-refractivity contribution in [3.8, 4) is 28.3 Å². The fourth-order valence-corrected chi connectivity index (χ4v) is 4.56. The van der Waals surface area contributed by atoms with E-state index < -0.39 is 11.4 Å². The lowest BCUT2D eigenvalue weighted by atomic mass is 10.0. The quantitative estimate of drug-likeness (QED) is 0.223. The van der Waals surface area contributed by atoms with E-state index in [2.05, 4.69) is 0 Å². The van der Waals surface area contributed by atoms with Crippen molar-refractivity contribution < 1.29 is 13.9 Å². The van der Waals surface area contributed by atoms with E-state index >= 15 is 0 Å². The zero-order chi connectivity index (χ0) is 26.2. The Morgan fingerprint density at radius 2 is 1.55 bits per heavy atom. The molecular formula is C32H20ClNO4. The summed E-state index contributed by atoms with van der Waals surface area (Å²) in [6.45, 7) is 1.96. The third-order valence-electron chi connectivity index (χ3n) is 6.32. The first-order chi connectivity index (χ1) is 18.5. The standard InChI is InChI=1S/C32H20ClNO4/c1-19-11-13-21(14-12-19)30-31(29(35)25-17-22(33)15-16-28(25)37-30)38-32(36)24-18-27(20-7-3-2-4-8-20)34-26-10-6-5-9-23(24)26/h2-18H,1H3. The van der Waals surface area contributed by atoms with Gasteiger partial charge < -0.3 is 9.15 Å². The van der Waals surface area contributed by atoms with Gasteiger partial charge in [0.2, 0.25) is 11.2 Å². The Bertz CT molecular complexity index is 1890. The Kier molecular flexibility index (Phi) is 5.98. The maximum Gasteiger partial charge on any atom is 0.344 e. The van der Waals surface area contributed by atoms with Crippen LogP contribution in [0.25, 0.3) is 44.5 Å². The third-order valence-corrected chi connectivity index (χ3v) is 6.56. The molecule has 0 saturated heterocycles. The van der Waals surface area contributed by atoms with Gasteiger partial charge in [-0.25, -0.2) is 9.78 Å². The van der Waals surface area contributed by atoms with E-state index in [1.807, 2.05) is 79.7 Å². The largest absolute Gasteiger partial charge is 0.452 e. The number of carbonyl (C=O) groups is 1. The second-order valence-corrected chi connectivity index (χ2v) is 9.36. The van der Waals surface area contributed by atoms with Gasteiger partial charge in [0.15, 0.2) is 5.76 Å². The fourth-order valence-electron chi connectivity index (χ4n) is 4.39. The van der Waals surface area contributed by atoms with Crippen molar-refractivity contribution in [3.05, 3.63) is 130 Å². The van der Waals surface area contributed by atoms with Crippen molar-refractivity contribution in [2.24, 2.45) is 0 Å². The van der Waals surface area contributed by atoms with Gasteiger partial charge in [-0.15, -0.1) is 0 Å². The average Bonchev–Trinajstić information content (AvgIpc) is 2.95. The number of fused-ring (bicyclic) bond motifs is 2. The molecule has 6 aromatic rings. The number of benzene rings is 4. The molecule has 2 heterocycles. The first-order valence-corrected chi connectivity index (χ1v) is 12.4. The number of nitrogens with zero attached hydrogens (tertiary/aromatic N) is 1. The van der Waals surface area contributed by atoms with Crippen LogP contribution < -0.4 is 10.2 Å². The molecule has 0 aliphatic rings. The highest BCUT2D eigenvalue weighted by molar-refractivity contribution is 6.31. The van der Waals surface area contributed by atoms with Crippen LogP contribution in [-0.2, 0) is 0 Å². The van der Waals surface area contributed by atoms with E-state index in [-0.39, 0.29) is 22.5 Å². The van der Waals surface area contributed by atoms with Crippen LogP contribution in [0, 0.1) is 6.92 Å². The summed E-state index contributed by atoms with van der Waals surface area (Å²) in [5.41, 5.74) is 3.90. The van der Waals surface area contributed by atoms with Crippen molar-refractivity contribution in [3.63, 3.8) is 0 Å². The van der Waals surface area contributed by atoms with Crippen molar-refractivity contribution >= 4 is 39.4 Å². The molecule has 0 spiro atoms. The monoisotopic (exact) mass is 517 g/mol. The van der Waals surface area contributed by atoms with Crippen LogP contribution in [0.1, 0.15) is 15.9 Å². The summed E-state index contributed by atoms with van der Waals surface area (Å²) < 4.78 is 12.0. The van der Waals surface area contributed by atoms with E-state index in [0.717, 1.165) is 11.1 Å². The number of aromatic nitrogens is 1. The van der Waals surface area contributed by atoms with E-state index in [0.29, 0.717) is 32.8 Å². The molecule has 0 radical (unpaired) electrons. The molecule has 2 aromatic heterocycles. The topological polar surface area (TPSA) is 69.4 Å². The molecule has 0 aliphatic carbocycles. The summed E-state index contributed by atoms with van der Waals surface area (Å²) >= 11 is 6.16. The first kappa shape index (κ1) is 23.6. The van der Waals surface area contributed by atoms with E-state index in [9.17, 15) is 9.59 Å². The number of aryl methyl sites for hydroxylation is 1. The average molecular weight is 518 g/mol. The molecule has 0 saturated carbocycles. The minimum Gasteiger partial charge on any atom is -0.452 e. The molecule has 0 fully saturated rings. The molecule has 0 N–H and O–H groups in total. The minimum absolute atomic E-state index is 0.166. The predicted molar refractivity (Wildman–Crippen MR) is 150 cm³/mol. The molecule has 6 heteroatoms. The highest BCUT2D eigenvalue weighted by Gasteiger charge is 2.23. The van der Waals surface area contributed by atoms with Crippen molar-refractivity contribution in [2.45, 2.75) is 6.92 Å². The zero-order valence-electron chi connectivity index (χ0n) is 20.3. The number of carbonyl (C=O) groups excluding carboxylic acids is 1. The van der Waals surface area contributed by atoms with Gasteiger partial charge in [-0.2, -0.15) is 0 Å². The summed E-state index contributed by atoms with van der Waals surface area (Å²) in [6.07, 6.45) is 0. The van der Waals surface area contributed by atoms with Crippen LogP contribution in [0.2, 0.25) is 5.02 Å². The Morgan fingerprint density at radius 3 is 2.34 bits per heavy atom. The van der Waals surface area contributed by atoms with Crippen LogP contribution in [0.15, 0.2) is 112 Å². The normalized spacial score (nSPS) is 11.1. The highest BCUT2D eigenvalue weighted by Crippen LogP contribution is 2.33. The van der Waals surface area contributed by atoms with E-state index in [1.54, 1.807) is 24.3 Å². The van der Waals surface area contributed by atoms with Gasteiger partial charge >= 0.3 is 5.97 Å². The molecule has 0 bridgehead atoms. The summed E-state index contributed by atoms with van der Waals surface area (Å²) in [6, 6.07) is 30.8. The number of ether oxygens (including phenoxy) is 1. The summed E-state index contributed by atoms with van der Waals surface area (Å²) in [5, 5.41) is 1.21. The number of hydrogen-bond acceptors (Lipinski definition) is 5. The zero-order valence-corrected chi connectivity index (χ0v) is 21.0. The molecule has 184 valence electrons. The molecule has 6 rings (SSSR count). The lowest BCUT2D eigenvalue weighted by Crippen LogP contribution is -2.17. The molecule has 0 unspecified atom stereocenters. The maximum absolute atomic E-state index is 13.7. The number of para-hydroxylation sites is 1. The SMILES string of the molecule is Cc1ccc(-c2oc3ccc(Cl)cc3c(=O)c2OC(=O)c2cc(-c3ccccc3)nc3ccccc23)cc1. The lowest BCUT2D eigenvalue weighted by molar-refractivity contribution is 0.0733. The van der Waals surface area contributed by atoms with Crippen molar-refractivity contribution in [1.29, 1.82) is 0 Å². The van der Waals surface area contributed by atoms with Crippen LogP contribution in [0.3, 0.4) is 0 Å². The first-order valence-electron chi connectivity index (χ1n) is 12.0. The Balaban J connectivity index is 1.53. The Morgan fingerprint density at radius 1 is 0.816 bits per heavy atom. The second-order valence-electron chi connectivity index (χ2n) is 8.92. The number of halogens is 1. The number of rotatable bonds is 4. The van der Waals surface area contributed by atoms with Gasteiger partial charge in [0.1, 0.15) is 5.58 Å². The second kappa shape index (κ2) is 9.61. The summed E-state index contributed by atoms with van der Waals surface area (Å²) in [5.74, 6) is -0.724. The molecule has 0 aliphatic heterocycles. The van der Waals surface area contributed by atoms with Crippen LogP contribution in [0.5, 0.6) is 5.75 Å². The van der Waals surface area contributed by atoms with Gasteiger partial charge in [-0.1, -0.05) is 90.0 Å². The van der Waals surface area contributed by atoms with Gasteiger partial charge in [0.25, 0.3) is 0 Å². The predicted octanol–water partition coefficient (Wildman–Crippen LogP) is 7.86.